The number of rotatable bonds is 5. The molecule has 0 amide bonds. The van der Waals surface area contributed by atoms with E-state index in [1.807, 2.05) is 0 Å². The molecule has 4 heteroatoms. The Balaban J connectivity index is 2.53. The maximum absolute atomic E-state index is 9.15. The molecule has 0 spiro atoms. The molecule has 0 radical (unpaired) electrons. The number of aromatic nitrogens is 2. The fraction of sp³-hybridized carbons (Fsp3) is 0.500. The van der Waals surface area contributed by atoms with E-state index in [4.69, 9.17) is 10.8 Å². The lowest BCUT2D eigenvalue weighted by Gasteiger charge is -2.07. The molecular weight excluding hydrogens is 226 g/mol. The summed E-state index contributed by atoms with van der Waals surface area (Å²) in [5.74, 6) is 1.46. The largest absolute Gasteiger partial charge is 0.395 e. The molecule has 3 N–H and O–H groups in total. The van der Waals surface area contributed by atoms with Gasteiger partial charge in [0.15, 0.2) is 0 Å². The third-order valence-corrected chi connectivity index (χ3v) is 3.21. The summed E-state index contributed by atoms with van der Waals surface area (Å²) in [7, 11) is 0. The van der Waals surface area contributed by atoms with Crippen LogP contribution in [0.3, 0.4) is 0 Å². The summed E-state index contributed by atoms with van der Waals surface area (Å²) < 4.78 is 2.06. The molecule has 0 saturated carbocycles. The number of hydrogen-bond acceptors (Lipinski definition) is 3. The van der Waals surface area contributed by atoms with E-state index in [2.05, 4.69) is 41.6 Å². The van der Waals surface area contributed by atoms with Crippen molar-refractivity contribution in [3.8, 4) is 0 Å². The molecular formula is C14H21N3O. The standard InChI is InChI=1S/C14H21N3O/c1-10(2)11-3-4-13-12(9-11)16-14(5-6-15)17(13)7-8-18/h3-4,9-10,18H,5-8,15H2,1-2H3. The number of aliphatic hydroxyl groups is 1. The van der Waals surface area contributed by atoms with Gasteiger partial charge in [0.05, 0.1) is 17.6 Å². The van der Waals surface area contributed by atoms with Gasteiger partial charge in [-0.25, -0.2) is 4.98 Å². The first-order valence-electron chi connectivity index (χ1n) is 6.47. The average molecular weight is 247 g/mol. The summed E-state index contributed by atoms with van der Waals surface area (Å²) in [5.41, 5.74) is 8.98. The molecule has 0 fully saturated rings. The molecule has 0 aliphatic rings. The van der Waals surface area contributed by atoms with Crippen molar-refractivity contribution < 1.29 is 5.11 Å². The quantitative estimate of drug-likeness (QED) is 0.844. The van der Waals surface area contributed by atoms with Crippen molar-refractivity contribution >= 4 is 11.0 Å². The molecule has 0 unspecified atom stereocenters. The van der Waals surface area contributed by atoms with Crippen molar-refractivity contribution in [3.63, 3.8) is 0 Å². The Hall–Kier alpha value is -1.39. The molecule has 0 aliphatic carbocycles. The molecule has 4 nitrogen and oxygen atoms in total. The second kappa shape index (κ2) is 5.50. The van der Waals surface area contributed by atoms with Gasteiger partial charge >= 0.3 is 0 Å². The lowest BCUT2D eigenvalue weighted by Crippen LogP contribution is -2.11. The number of aliphatic hydroxyl groups excluding tert-OH is 1. The number of benzene rings is 1. The first-order valence-corrected chi connectivity index (χ1v) is 6.47. The topological polar surface area (TPSA) is 64.1 Å². The minimum Gasteiger partial charge on any atom is -0.395 e. The van der Waals surface area contributed by atoms with Gasteiger partial charge in [-0.15, -0.1) is 0 Å². The molecule has 1 aromatic carbocycles. The first-order chi connectivity index (χ1) is 8.67. The van der Waals surface area contributed by atoms with E-state index in [-0.39, 0.29) is 6.61 Å². The van der Waals surface area contributed by atoms with Gasteiger partial charge in [-0.3, -0.25) is 0 Å². The number of nitrogens with zero attached hydrogens (tertiary/aromatic N) is 2. The summed E-state index contributed by atoms with van der Waals surface area (Å²) in [6.07, 6.45) is 0.742. The summed E-state index contributed by atoms with van der Waals surface area (Å²) in [6, 6.07) is 6.36. The van der Waals surface area contributed by atoms with Crippen LogP contribution in [0.25, 0.3) is 11.0 Å². The monoisotopic (exact) mass is 247 g/mol. The first kappa shape index (κ1) is 13.1. The van der Waals surface area contributed by atoms with E-state index < -0.39 is 0 Å². The van der Waals surface area contributed by atoms with Crippen molar-refractivity contribution in [1.29, 1.82) is 0 Å². The molecule has 1 heterocycles. The number of fused-ring (bicyclic) bond motifs is 1. The summed E-state index contributed by atoms with van der Waals surface area (Å²) >= 11 is 0. The Labute approximate surface area is 107 Å². The minimum atomic E-state index is 0.120. The molecule has 0 bridgehead atoms. The zero-order valence-corrected chi connectivity index (χ0v) is 11.1. The van der Waals surface area contributed by atoms with E-state index in [1.54, 1.807) is 0 Å². The van der Waals surface area contributed by atoms with Crippen molar-refractivity contribution in [3.05, 3.63) is 29.6 Å². The van der Waals surface area contributed by atoms with Gasteiger partial charge in [0, 0.05) is 13.0 Å². The highest BCUT2D eigenvalue weighted by atomic mass is 16.3. The maximum atomic E-state index is 9.15. The van der Waals surface area contributed by atoms with Gasteiger partial charge in [-0.05, 0) is 30.2 Å². The summed E-state index contributed by atoms with van der Waals surface area (Å²) in [5, 5.41) is 9.15. The Bertz CT molecular complexity index is 531. The van der Waals surface area contributed by atoms with Crippen LogP contribution < -0.4 is 5.73 Å². The van der Waals surface area contributed by atoms with Crippen molar-refractivity contribution in [1.82, 2.24) is 9.55 Å². The number of imidazole rings is 1. The van der Waals surface area contributed by atoms with E-state index in [1.165, 1.54) is 5.56 Å². The third-order valence-electron chi connectivity index (χ3n) is 3.21. The summed E-state index contributed by atoms with van der Waals surface area (Å²) in [4.78, 5) is 4.64. The molecule has 18 heavy (non-hydrogen) atoms. The Kier molecular flexibility index (Phi) is 3.99. The van der Waals surface area contributed by atoms with Crippen molar-refractivity contribution in [2.45, 2.75) is 32.7 Å². The number of nitrogens with two attached hydrogens (primary N) is 1. The fourth-order valence-corrected chi connectivity index (χ4v) is 2.23. The van der Waals surface area contributed by atoms with Gasteiger partial charge in [0.25, 0.3) is 0 Å². The van der Waals surface area contributed by atoms with Crippen LogP contribution in [0.5, 0.6) is 0 Å². The molecule has 0 aliphatic heterocycles. The van der Waals surface area contributed by atoms with Crippen molar-refractivity contribution in [2.75, 3.05) is 13.2 Å². The maximum Gasteiger partial charge on any atom is 0.111 e. The second-order valence-electron chi connectivity index (χ2n) is 4.84. The average Bonchev–Trinajstić information content (AvgIpc) is 2.68. The van der Waals surface area contributed by atoms with Crippen LogP contribution in [0.15, 0.2) is 18.2 Å². The SMILES string of the molecule is CC(C)c1ccc2c(c1)nc(CCN)n2CCO. The Morgan fingerprint density at radius 3 is 2.78 bits per heavy atom. The van der Waals surface area contributed by atoms with Crippen LogP contribution in [0.1, 0.15) is 31.2 Å². The van der Waals surface area contributed by atoms with Crippen LogP contribution in [-0.2, 0) is 13.0 Å². The Morgan fingerprint density at radius 1 is 1.39 bits per heavy atom. The lowest BCUT2D eigenvalue weighted by atomic mass is 10.0. The van der Waals surface area contributed by atoms with Gasteiger partial charge in [-0.2, -0.15) is 0 Å². The zero-order valence-electron chi connectivity index (χ0n) is 11.1. The van der Waals surface area contributed by atoms with Gasteiger partial charge < -0.3 is 15.4 Å². The fourth-order valence-electron chi connectivity index (χ4n) is 2.23. The number of hydrogen-bond donors (Lipinski definition) is 2. The van der Waals surface area contributed by atoms with Gasteiger partial charge in [-0.1, -0.05) is 19.9 Å². The van der Waals surface area contributed by atoms with E-state index in [9.17, 15) is 0 Å². The molecule has 98 valence electrons. The lowest BCUT2D eigenvalue weighted by molar-refractivity contribution is 0.276. The molecule has 1 aromatic heterocycles. The molecule has 2 aromatic rings. The van der Waals surface area contributed by atoms with E-state index in [0.717, 1.165) is 23.3 Å². The minimum absolute atomic E-state index is 0.120. The van der Waals surface area contributed by atoms with Crippen molar-refractivity contribution in [2.24, 2.45) is 5.73 Å². The summed E-state index contributed by atoms with van der Waals surface area (Å²) in [6.45, 7) is 5.62. The van der Waals surface area contributed by atoms with E-state index in [0.29, 0.717) is 19.0 Å². The second-order valence-corrected chi connectivity index (χ2v) is 4.84. The molecule has 0 atom stereocenters. The highest BCUT2D eigenvalue weighted by Crippen LogP contribution is 2.22. The molecule has 0 saturated heterocycles. The highest BCUT2D eigenvalue weighted by molar-refractivity contribution is 5.77. The van der Waals surface area contributed by atoms with Gasteiger partial charge in [0.1, 0.15) is 5.82 Å². The van der Waals surface area contributed by atoms with Crippen LogP contribution in [0.4, 0.5) is 0 Å². The van der Waals surface area contributed by atoms with Crippen LogP contribution >= 0.6 is 0 Å². The van der Waals surface area contributed by atoms with Crippen LogP contribution in [0, 0.1) is 0 Å². The third kappa shape index (κ3) is 2.40. The normalized spacial score (nSPS) is 11.6. The highest BCUT2D eigenvalue weighted by Gasteiger charge is 2.11. The zero-order chi connectivity index (χ0) is 13.1. The van der Waals surface area contributed by atoms with Gasteiger partial charge in [0.2, 0.25) is 0 Å². The predicted molar refractivity (Wildman–Crippen MR) is 73.7 cm³/mol. The smallest absolute Gasteiger partial charge is 0.111 e. The van der Waals surface area contributed by atoms with Crippen LogP contribution in [-0.4, -0.2) is 27.8 Å². The Morgan fingerprint density at radius 2 is 2.17 bits per heavy atom. The van der Waals surface area contributed by atoms with Crippen LogP contribution in [0.2, 0.25) is 0 Å². The molecule has 2 rings (SSSR count). The van der Waals surface area contributed by atoms with E-state index >= 15 is 0 Å². The predicted octanol–water partition coefficient (Wildman–Crippen LogP) is 1.65.